The Bertz CT molecular complexity index is 360. The number of benzene rings is 1. The van der Waals surface area contributed by atoms with Crippen molar-refractivity contribution >= 4 is 17.5 Å². The molecule has 0 aliphatic heterocycles. The molecule has 1 aromatic carbocycles. The topological polar surface area (TPSA) is 17.1 Å². The van der Waals surface area contributed by atoms with Gasteiger partial charge in [-0.15, -0.1) is 0 Å². The quantitative estimate of drug-likeness (QED) is 0.747. The van der Waals surface area contributed by atoms with Crippen molar-refractivity contribution in [2.75, 3.05) is 12.0 Å². The van der Waals surface area contributed by atoms with Crippen LogP contribution in [0.25, 0.3) is 0 Å². The van der Waals surface area contributed by atoms with Gasteiger partial charge in [-0.3, -0.25) is 4.79 Å². The minimum absolute atomic E-state index is 0.110. The van der Waals surface area contributed by atoms with Crippen LogP contribution in [0.5, 0.6) is 0 Å². The van der Waals surface area contributed by atoms with E-state index in [1.807, 2.05) is 0 Å². The summed E-state index contributed by atoms with van der Waals surface area (Å²) in [6.45, 7) is 0. The number of alkyl halides is 3. The van der Waals surface area contributed by atoms with Crippen LogP contribution in [0.1, 0.15) is 15.9 Å². The van der Waals surface area contributed by atoms with Crippen LogP contribution in [-0.2, 0) is 6.18 Å². The third-order valence-corrected chi connectivity index (χ3v) is 2.34. The van der Waals surface area contributed by atoms with Gasteiger partial charge in [-0.05, 0) is 18.4 Å². The summed E-state index contributed by atoms with van der Waals surface area (Å²) >= 11 is 1.29. The molecule has 0 bridgehead atoms. The summed E-state index contributed by atoms with van der Waals surface area (Å²) in [4.78, 5) is 11.3. The molecule has 0 atom stereocenters. The first-order valence-electron chi connectivity index (χ1n) is 4.14. The summed E-state index contributed by atoms with van der Waals surface area (Å²) in [5, 5.41) is 0. The fraction of sp³-hybridized carbons (Fsp3) is 0.300. The number of Topliss-reactive ketones (excluding diaryl/α,β-unsaturated/α-hetero) is 1. The number of hydrogen-bond donors (Lipinski definition) is 0. The van der Waals surface area contributed by atoms with Gasteiger partial charge in [-0.1, -0.05) is 12.1 Å². The molecule has 0 spiro atoms. The van der Waals surface area contributed by atoms with E-state index in [0.717, 1.165) is 12.1 Å². The Labute approximate surface area is 89.7 Å². The Morgan fingerprint density at radius 2 is 2.07 bits per heavy atom. The second-order valence-corrected chi connectivity index (χ2v) is 3.80. The van der Waals surface area contributed by atoms with E-state index >= 15 is 0 Å². The van der Waals surface area contributed by atoms with E-state index in [4.69, 9.17) is 0 Å². The molecule has 0 radical (unpaired) electrons. The van der Waals surface area contributed by atoms with E-state index in [1.165, 1.54) is 23.9 Å². The Balaban J connectivity index is 2.98. The minimum atomic E-state index is -4.39. The molecule has 0 amide bonds. The average molecular weight is 234 g/mol. The van der Waals surface area contributed by atoms with Crippen LogP contribution in [0.15, 0.2) is 24.3 Å². The normalized spacial score (nSPS) is 11.5. The highest BCUT2D eigenvalue weighted by atomic mass is 32.2. The van der Waals surface area contributed by atoms with Crippen LogP contribution in [0.2, 0.25) is 0 Å². The first-order valence-corrected chi connectivity index (χ1v) is 5.54. The average Bonchev–Trinajstić information content (AvgIpc) is 2.17. The molecule has 1 nitrogen and oxygen atoms in total. The van der Waals surface area contributed by atoms with Gasteiger partial charge < -0.3 is 0 Å². The largest absolute Gasteiger partial charge is 0.416 e. The predicted molar refractivity (Wildman–Crippen MR) is 54.2 cm³/mol. The molecule has 1 rings (SSSR count). The highest BCUT2D eigenvalue weighted by Gasteiger charge is 2.30. The first kappa shape index (κ1) is 12.1. The van der Waals surface area contributed by atoms with Crippen molar-refractivity contribution < 1.29 is 18.0 Å². The molecular formula is C10H9F3OS. The van der Waals surface area contributed by atoms with Crippen LogP contribution >= 0.6 is 11.8 Å². The number of ketones is 1. The third kappa shape index (κ3) is 3.27. The predicted octanol–water partition coefficient (Wildman–Crippen LogP) is 3.25. The second-order valence-electron chi connectivity index (χ2n) is 2.93. The zero-order chi connectivity index (χ0) is 11.5. The highest BCUT2D eigenvalue weighted by Crippen LogP contribution is 2.29. The van der Waals surface area contributed by atoms with Crippen molar-refractivity contribution in [2.45, 2.75) is 6.18 Å². The smallest absolute Gasteiger partial charge is 0.293 e. The van der Waals surface area contributed by atoms with E-state index in [9.17, 15) is 18.0 Å². The van der Waals surface area contributed by atoms with Gasteiger partial charge in [0.1, 0.15) is 0 Å². The maximum Gasteiger partial charge on any atom is 0.416 e. The fourth-order valence-electron chi connectivity index (χ4n) is 1.08. The lowest BCUT2D eigenvalue weighted by Gasteiger charge is -2.07. The molecule has 0 N–H and O–H groups in total. The van der Waals surface area contributed by atoms with Crippen LogP contribution in [0, 0.1) is 0 Å². The zero-order valence-electron chi connectivity index (χ0n) is 7.97. The molecule has 0 aliphatic rings. The number of rotatable bonds is 3. The van der Waals surface area contributed by atoms with Gasteiger partial charge in [-0.25, -0.2) is 0 Å². The van der Waals surface area contributed by atoms with Gasteiger partial charge in [0.2, 0.25) is 0 Å². The second kappa shape index (κ2) is 4.70. The van der Waals surface area contributed by atoms with Crippen molar-refractivity contribution in [2.24, 2.45) is 0 Å². The molecule has 0 aromatic heterocycles. The third-order valence-electron chi connectivity index (χ3n) is 1.79. The molecule has 15 heavy (non-hydrogen) atoms. The SMILES string of the molecule is CSCC(=O)c1cccc(C(F)(F)F)c1. The first-order chi connectivity index (χ1) is 6.95. The standard InChI is InChI=1S/C10H9F3OS/c1-15-6-9(14)7-3-2-4-8(5-7)10(11,12)13/h2-5H,6H2,1H3. The lowest BCUT2D eigenvalue weighted by atomic mass is 10.1. The van der Waals surface area contributed by atoms with Gasteiger partial charge in [0, 0.05) is 5.56 Å². The lowest BCUT2D eigenvalue weighted by Crippen LogP contribution is -2.08. The van der Waals surface area contributed by atoms with Crippen molar-refractivity contribution in [3.63, 3.8) is 0 Å². The van der Waals surface area contributed by atoms with Crippen LogP contribution in [0.4, 0.5) is 13.2 Å². The van der Waals surface area contributed by atoms with E-state index in [2.05, 4.69) is 0 Å². The Morgan fingerprint density at radius 1 is 1.40 bits per heavy atom. The zero-order valence-corrected chi connectivity index (χ0v) is 8.78. The maximum absolute atomic E-state index is 12.3. The molecule has 1 aromatic rings. The summed E-state index contributed by atoms with van der Waals surface area (Å²) in [7, 11) is 0. The Hall–Kier alpha value is -0.970. The monoisotopic (exact) mass is 234 g/mol. The number of halogens is 3. The summed E-state index contributed by atoms with van der Waals surface area (Å²) < 4.78 is 36.9. The van der Waals surface area contributed by atoms with Crippen LogP contribution < -0.4 is 0 Å². The van der Waals surface area contributed by atoms with E-state index < -0.39 is 11.7 Å². The summed E-state index contributed by atoms with van der Waals surface area (Å²) in [6.07, 6.45) is -2.67. The van der Waals surface area contributed by atoms with Gasteiger partial charge in [0.05, 0.1) is 11.3 Å². The molecule has 0 fully saturated rings. The van der Waals surface area contributed by atoms with E-state index in [-0.39, 0.29) is 17.1 Å². The fourth-order valence-corrected chi connectivity index (χ4v) is 1.51. The van der Waals surface area contributed by atoms with Gasteiger partial charge >= 0.3 is 6.18 Å². The van der Waals surface area contributed by atoms with E-state index in [1.54, 1.807) is 6.26 Å². The number of carbonyl (C=O) groups is 1. The van der Waals surface area contributed by atoms with Gasteiger partial charge in [-0.2, -0.15) is 24.9 Å². The van der Waals surface area contributed by atoms with Gasteiger partial charge in [0.25, 0.3) is 0 Å². The van der Waals surface area contributed by atoms with Crippen molar-refractivity contribution in [1.82, 2.24) is 0 Å². The van der Waals surface area contributed by atoms with Gasteiger partial charge in [0.15, 0.2) is 5.78 Å². The number of thioether (sulfide) groups is 1. The molecule has 0 aliphatic carbocycles. The lowest BCUT2D eigenvalue weighted by molar-refractivity contribution is -0.137. The Kier molecular flexibility index (Phi) is 3.79. The number of carbonyl (C=O) groups excluding carboxylic acids is 1. The van der Waals surface area contributed by atoms with Crippen LogP contribution in [0.3, 0.4) is 0 Å². The van der Waals surface area contributed by atoms with Crippen LogP contribution in [-0.4, -0.2) is 17.8 Å². The van der Waals surface area contributed by atoms with E-state index in [0.29, 0.717) is 0 Å². The molecule has 0 saturated heterocycles. The summed E-state index contributed by atoms with van der Waals surface area (Å²) in [5.74, 6) is -0.0880. The Morgan fingerprint density at radius 3 is 2.60 bits per heavy atom. The minimum Gasteiger partial charge on any atom is -0.293 e. The molecule has 0 saturated carbocycles. The van der Waals surface area contributed by atoms with Crippen molar-refractivity contribution in [3.8, 4) is 0 Å². The number of hydrogen-bond acceptors (Lipinski definition) is 2. The summed E-state index contributed by atoms with van der Waals surface area (Å²) in [6, 6.07) is 4.48. The molecule has 5 heteroatoms. The molecular weight excluding hydrogens is 225 g/mol. The maximum atomic E-state index is 12.3. The van der Waals surface area contributed by atoms with Crippen molar-refractivity contribution in [1.29, 1.82) is 0 Å². The molecule has 0 heterocycles. The highest BCUT2D eigenvalue weighted by molar-refractivity contribution is 7.99. The van der Waals surface area contributed by atoms with Crippen molar-refractivity contribution in [3.05, 3.63) is 35.4 Å². The molecule has 82 valence electrons. The summed E-state index contributed by atoms with van der Waals surface area (Å²) in [5.41, 5.74) is -0.673. The molecule has 0 unspecified atom stereocenters.